The zero-order chi connectivity index (χ0) is 15.7. The summed E-state index contributed by atoms with van der Waals surface area (Å²) in [5.74, 6) is 0. The van der Waals surface area contributed by atoms with Crippen LogP contribution in [0.3, 0.4) is 0 Å². The molecule has 128 valence electrons. The summed E-state index contributed by atoms with van der Waals surface area (Å²) in [6.07, 6.45) is 9.35. The second-order valence-corrected chi connectivity index (χ2v) is 7.54. The first-order chi connectivity index (χ1) is 11.3. The molecule has 1 aliphatic carbocycles. The Kier molecular flexibility index (Phi) is 4.43. The third-order valence-electron chi connectivity index (χ3n) is 6.04. The van der Waals surface area contributed by atoms with Crippen molar-refractivity contribution in [2.45, 2.75) is 69.6 Å². The molecule has 2 aliphatic heterocycles. The second-order valence-electron chi connectivity index (χ2n) is 7.54. The van der Waals surface area contributed by atoms with Gasteiger partial charge in [-0.2, -0.15) is 5.10 Å². The first-order valence-electron chi connectivity index (χ1n) is 9.23. The lowest BCUT2D eigenvalue weighted by Crippen LogP contribution is -2.50. The van der Waals surface area contributed by atoms with Gasteiger partial charge in [-0.1, -0.05) is 0 Å². The van der Waals surface area contributed by atoms with E-state index in [9.17, 15) is 0 Å². The van der Waals surface area contributed by atoms with E-state index in [1.165, 1.54) is 42.6 Å². The van der Waals surface area contributed by atoms with Crippen LogP contribution in [0.25, 0.3) is 0 Å². The predicted octanol–water partition coefficient (Wildman–Crippen LogP) is 2.45. The molecule has 1 spiro atoms. The molecule has 4 rings (SSSR count). The minimum Gasteiger partial charge on any atom is -0.381 e. The number of nitrogens with zero attached hydrogens (tertiary/aromatic N) is 2. The fourth-order valence-corrected chi connectivity index (χ4v) is 4.52. The van der Waals surface area contributed by atoms with Gasteiger partial charge in [0.05, 0.1) is 11.3 Å². The molecule has 5 heteroatoms. The van der Waals surface area contributed by atoms with Crippen molar-refractivity contribution in [2.75, 3.05) is 26.9 Å². The first-order valence-corrected chi connectivity index (χ1v) is 9.23. The lowest BCUT2D eigenvalue weighted by Gasteiger charge is -2.45. The highest BCUT2D eigenvalue weighted by Gasteiger charge is 2.40. The molecule has 0 aromatic carbocycles. The Labute approximate surface area is 138 Å². The van der Waals surface area contributed by atoms with E-state index in [2.05, 4.69) is 22.1 Å². The van der Waals surface area contributed by atoms with Crippen molar-refractivity contribution in [3.8, 4) is 0 Å². The molecular formula is C18H29N3O2. The van der Waals surface area contributed by atoms with Crippen LogP contribution in [0.5, 0.6) is 0 Å². The van der Waals surface area contributed by atoms with Crippen LogP contribution in [-0.4, -0.2) is 53.6 Å². The van der Waals surface area contributed by atoms with E-state index in [4.69, 9.17) is 9.47 Å². The van der Waals surface area contributed by atoms with Crippen LogP contribution in [0.1, 0.15) is 55.5 Å². The van der Waals surface area contributed by atoms with E-state index in [0.29, 0.717) is 6.04 Å². The van der Waals surface area contributed by atoms with Gasteiger partial charge < -0.3 is 9.47 Å². The predicted molar refractivity (Wildman–Crippen MR) is 88.5 cm³/mol. The quantitative estimate of drug-likeness (QED) is 0.930. The zero-order valence-electron chi connectivity index (χ0n) is 14.3. The largest absolute Gasteiger partial charge is 0.381 e. The Morgan fingerprint density at radius 1 is 1.22 bits per heavy atom. The maximum atomic E-state index is 6.18. The van der Waals surface area contributed by atoms with E-state index >= 15 is 0 Å². The van der Waals surface area contributed by atoms with Crippen molar-refractivity contribution in [3.05, 3.63) is 17.0 Å². The Morgan fingerprint density at radius 3 is 2.91 bits per heavy atom. The number of aryl methyl sites for hydroxylation is 1. The van der Waals surface area contributed by atoms with Crippen LogP contribution in [0.15, 0.2) is 0 Å². The van der Waals surface area contributed by atoms with Gasteiger partial charge in [0.1, 0.15) is 0 Å². The van der Waals surface area contributed by atoms with Crippen molar-refractivity contribution in [1.82, 2.24) is 15.1 Å². The molecule has 2 saturated heterocycles. The van der Waals surface area contributed by atoms with Crippen LogP contribution in [-0.2, 0) is 28.9 Å². The van der Waals surface area contributed by atoms with Crippen molar-refractivity contribution in [2.24, 2.45) is 0 Å². The van der Waals surface area contributed by atoms with Gasteiger partial charge in [0.25, 0.3) is 0 Å². The zero-order valence-corrected chi connectivity index (χ0v) is 14.3. The van der Waals surface area contributed by atoms with Crippen LogP contribution in [0.4, 0.5) is 0 Å². The van der Waals surface area contributed by atoms with Crippen molar-refractivity contribution < 1.29 is 9.47 Å². The number of H-pyrrole nitrogens is 1. The monoisotopic (exact) mass is 319 g/mol. The van der Waals surface area contributed by atoms with Gasteiger partial charge in [0.15, 0.2) is 0 Å². The van der Waals surface area contributed by atoms with Crippen LogP contribution < -0.4 is 0 Å². The van der Waals surface area contributed by atoms with Crippen LogP contribution >= 0.6 is 0 Å². The van der Waals surface area contributed by atoms with Gasteiger partial charge >= 0.3 is 0 Å². The minimum absolute atomic E-state index is 0.0699. The standard InChI is InChI=1S/C18H29N3O2/c1-21(13-17-15-4-2-3-5-16(15)19-20-17)14-6-9-23-18(12-14)7-10-22-11-8-18/h14H,2-13H2,1H3,(H,19,20)/t14-/m0/s1. The number of rotatable bonds is 3. The molecule has 3 aliphatic rings. The summed E-state index contributed by atoms with van der Waals surface area (Å²) in [5.41, 5.74) is 4.22. The lowest BCUT2D eigenvalue weighted by atomic mass is 9.83. The van der Waals surface area contributed by atoms with Gasteiger partial charge in [0, 0.05) is 38.1 Å². The van der Waals surface area contributed by atoms with Gasteiger partial charge in [-0.05, 0) is 64.0 Å². The molecule has 1 N–H and O–H groups in total. The molecule has 0 radical (unpaired) electrons. The molecule has 0 bridgehead atoms. The maximum absolute atomic E-state index is 6.18. The van der Waals surface area contributed by atoms with Gasteiger partial charge in [-0.25, -0.2) is 0 Å². The average molecular weight is 319 g/mol. The van der Waals surface area contributed by atoms with Gasteiger partial charge in [0.2, 0.25) is 0 Å². The Bertz CT molecular complexity index is 531. The SMILES string of the molecule is CN(Cc1n[nH]c2c1CCCC2)[C@H]1CCOC2(CCOCC2)C1. The fourth-order valence-electron chi connectivity index (χ4n) is 4.52. The third-order valence-corrected chi connectivity index (χ3v) is 6.04. The molecule has 0 amide bonds. The summed E-state index contributed by atoms with van der Waals surface area (Å²) in [6.45, 7) is 3.55. The average Bonchev–Trinajstić information content (AvgIpc) is 2.99. The van der Waals surface area contributed by atoms with E-state index in [1.807, 2.05) is 0 Å². The highest BCUT2D eigenvalue weighted by molar-refractivity contribution is 5.27. The van der Waals surface area contributed by atoms with Crippen LogP contribution in [0, 0.1) is 0 Å². The number of aromatic amines is 1. The van der Waals surface area contributed by atoms with Crippen molar-refractivity contribution in [3.63, 3.8) is 0 Å². The van der Waals surface area contributed by atoms with E-state index in [0.717, 1.165) is 52.0 Å². The highest BCUT2D eigenvalue weighted by Crippen LogP contribution is 2.36. The molecule has 1 aromatic heterocycles. The molecule has 0 saturated carbocycles. The molecule has 2 fully saturated rings. The summed E-state index contributed by atoms with van der Waals surface area (Å²) in [7, 11) is 2.26. The summed E-state index contributed by atoms with van der Waals surface area (Å²) < 4.78 is 11.7. The van der Waals surface area contributed by atoms with Crippen LogP contribution in [0.2, 0.25) is 0 Å². The minimum atomic E-state index is 0.0699. The van der Waals surface area contributed by atoms with Crippen molar-refractivity contribution in [1.29, 1.82) is 0 Å². The first kappa shape index (κ1) is 15.6. The second kappa shape index (κ2) is 6.54. The molecule has 23 heavy (non-hydrogen) atoms. The molecule has 3 heterocycles. The Balaban J connectivity index is 1.42. The maximum Gasteiger partial charge on any atom is 0.0797 e. The Hall–Kier alpha value is -0.910. The summed E-state index contributed by atoms with van der Waals surface area (Å²) >= 11 is 0. The number of aromatic nitrogens is 2. The third kappa shape index (κ3) is 3.19. The number of nitrogens with one attached hydrogen (secondary N) is 1. The van der Waals surface area contributed by atoms with E-state index < -0.39 is 0 Å². The number of fused-ring (bicyclic) bond motifs is 1. The topological polar surface area (TPSA) is 50.4 Å². The number of ether oxygens (including phenoxy) is 2. The summed E-state index contributed by atoms with van der Waals surface area (Å²) in [4.78, 5) is 2.50. The molecular weight excluding hydrogens is 290 g/mol. The molecule has 1 atom stereocenters. The van der Waals surface area contributed by atoms with E-state index in [1.54, 1.807) is 0 Å². The Morgan fingerprint density at radius 2 is 2.04 bits per heavy atom. The fraction of sp³-hybridized carbons (Fsp3) is 0.833. The molecule has 5 nitrogen and oxygen atoms in total. The summed E-state index contributed by atoms with van der Waals surface area (Å²) in [5, 5.41) is 7.89. The normalized spacial score (nSPS) is 27.3. The molecule has 1 aromatic rings. The van der Waals surface area contributed by atoms with Crippen molar-refractivity contribution >= 4 is 0 Å². The number of hydrogen-bond donors (Lipinski definition) is 1. The highest BCUT2D eigenvalue weighted by atomic mass is 16.5. The lowest BCUT2D eigenvalue weighted by molar-refractivity contribution is -0.150. The molecule has 0 unspecified atom stereocenters. The number of hydrogen-bond acceptors (Lipinski definition) is 4. The van der Waals surface area contributed by atoms with E-state index in [-0.39, 0.29) is 5.60 Å². The van der Waals surface area contributed by atoms with Gasteiger partial charge in [-0.3, -0.25) is 10.00 Å². The van der Waals surface area contributed by atoms with Gasteiger partial charge in [-0.15, -0.1) is 0 Å². The smallest absolute Gasteiger partial charge is 0.0797 e. The summed E-state index contributed by atoms with van der Waals surface area (Å²) in [6, 6.07) is 0.595.